The summed E-state index contributed by atoms with van der Waals surface area (Å²) in [5.41, 5.74) is -0.347. The highest BCUT2D eigenvalue weighted by Crippen LogP contribution is 2.69. The van der Waals surface area contributed by atoms with Gasteiger partial charge in [0.2, 0.25) is 0 Å². The van der Waals surface area contributed by atoms with Crippen molar-refractivity contribution in [3.63, 3.8) is 0 Å². The fraction of sp³-hybridized carbons (Fsp3) is 0.939. The zero-order chi connectivity index (χ0) is 33.8. The van der Waals surface area contributed by atoms with Crippen molar-refractivity contribution >= 4 is 0 Å². The largest absolute Gasteiger partial charge is 0.394 e. The third-order valence-electron chi connectivity index (χ3n) is 12.7. The van der Waals surface area contributed by atoms with Crippen LogP contribution < -0.4 is 0 Å². The predicted molar refractivity (Wildman–Crippen MR) is 164 cm³/mol. The lowest BCUT2D eigenvalue weighted by Crippen LogP contribution is -2.66. The molecule has 0 bridgehead atoms. The van der Waals surface area contributed by atoms with Crippen LogP contribution in [0.2, 0.25) is 0 Å². The lowest BCUT2D eigenvalue weighted by molar-refractivity contribution is -0.332. The quantitative estimate of drug-likeness (QED) is 0.144. The maximum Gasteiger partial charge on any atom is 0.187 e. The Balaban J connectivity index is 1.32. The zero-order valence-corrected chi connectivity index (χ0v) is 27.5. The molecule has 7 N–H and O–H groups in total. The van der Waals surface area contributed by atoms with Gasteiger partial charge < -0.3 is 54.7 Å². The van der Waals surface area contributed by atoms with Crippen molar-refractivity contribution in [3.05, 3.63) is 17.1 Å². The molecule has 2 aliphatic heterocycles. The molecule has 264 valence electrons. The van der Waals surface area contributed by atoms with Gasteiger partial charge in [0.15, 0.2) is 6.29 Å². The SMILES string of the molecule is C=C1C[C@@]2(C)CCC3(O)C(C)(C)CCC[C@@]3(C)[C@@H]2CC[C@H]1OC[C@@H]1OC(CO)[C@@H](O)C(O)C1O[C@@H]1OC(CO)[C@@H](N=O)C(O)C1O. The van der Waals surface area contributed by atoms with E-state index in [4.69, 9.17) is 18.9 Å². The molecule has 0 aromatic rings. The summed E-state index contributed by atoms with van der Waals surface area (Å²) in [4.78, 5) is 11.2. The van der Waals surface area contributed by atoms with Crippen LogP contribution in [0.5, 0.6) is 0 Å². The highest BCUT2D eigenvalue weighted by atomic mass is 16.7. The van der Waals surface area contributed by atoms with Gasteiger partial charge in [-0.25, -0.2) is 0 Å². The van der Waals surface area contributed by atoms with Gasteiger partial charge in [-0.15, -0.1) is 0 Å². The Bertz CT molecular complexity index is 1110. The summed E-state index contributed by atoms with van der Waals surface area (Å²) < 4.78 is 23.8. The molecule has 7 unspecified atom stereocenters. The first kappa shape index (κ1) is 36.2. The Hall–Kier alpha value is -1.10. The van der Waals surface area contributed by atoms with Crippen molar-refractivity contribution in [2.45, 2.75) is 152 Å². The molecule has 2 heterocycles. The van der Waals surface area contributed by atoms with Gasteiger partial charge in [-0.2, -0.15) is 4.91 Å². The number of aliphatic hydroxyl groups is 7. The first-order valence-corrected chi connectivity index (χ1v) is 16.8. The third kappa shape index (κ3) is 5.91. The summed E-state index contributed by atoms with van der Waals surface area (Å²) in [6.07, 6.45) is -6.54. The lowest BCUT2D eigenvalue weighted by Gasteiger charge is -2.67. The van der Waals surface area contributed by atoms with Gasteiger partial charge in [0, 0.05) is 5.41 Å². The Morgan fingerprint density at radius 1 is 0.870 bits per heavy atom. The van der Waals surface area contributed by atoms with Crippen LogP contribution in [0.4, 0.5) is 0 Å². The van der Waals surface area contributed by atoms with E-state index >= 15 is 0 Å². The van der Waals surface area contributed by atoms with E-state index in [1.165, 1.54) is 0 Å². The molecule has 13 nitrogen and oxygen atoms in total. The van der Waals surface area contributed by atoms with E-state index in [9.17, 15) is 40.7 Å². The second-order valence-corrected chi connectivity index (χ2v) is 15.7. The van der Waals surface area contributed by atoms with Gasteiger partial charge in [0.05, 0.1) is 31.5 Å². The molecule has 13 heteroatoms. The molecule has 0 amide bonds. The van der Waals surface area contributed by atoms with Crippen molar-refractivity contribution in [2.75, 3.05) is 19.8 Å². The van der Waals surface area contributed by atoms with E-state index in [-0.39, 0.29) is 34.9 Å². The highest BCUT2D eigenvalue weighted by molar-refractivity contribution is 5.20. The molecule has 15 atom stereocenters. The predicted octanol–water partition coefficient (Wildman–Crippen LogP) is 0.916. The smallest absolute Gasteiger partial charge is 0.187 e. The summed E-state index contributed by atoms with van der Waals surface area (Å²) >= 11 is 0. The second kappa shape index (κ2) is 13.3. The molecule has 0 aromatic carbocycles. The van der Waals surface area contributed by atoms with E-state index in [0.717, 1.165) is 50.5 Å². The van der Waals surface area contributed by atoms with Crippen molar-refractivity contribution in [1.82, 2.24) is 0 Å². The minimum Gasteiger partial charge on any atom is -0.394 e. The monoisotopic (exact) mass is 657 g/mol. The number of nitrogens with zero attached hydrogens (tertiary/aromatic N) is 1. The van der Waals surface area contributed by atoms with Crippen LogP contribution in [-0.4, -0.2) is 128 Å². The second-order valence-electron chi connectivity index (χ2n) is 15.7. The van der Waals surface area contributed by atoms with Crippen LogP contribution in [0.1, 0.15) is 79.1 Å². The molecule has 0 spiro atoms. The lowest BCUT2D eigenvalue weighted by atomic mass is 9.40. The highest BCUT2D eigenvalue weighted by Gasteiger charge is 2.66. The Kier molecular flexibility index (Phi) is 10.5. The Labute approximate surface area is 270 Å². The van der Waals surface area contributed by atoms with Crippen molar-refractivity contribution in [1.29, 1.82) is 0 Å². The summed E-state index contributed by atoms with van der Waals surface area (Å²) in [6, 6.07) is -1.44. The molecule has 3 saturated carbocycles. The molecule has 5 aliphatic rings. The average Bonchev–Trinajstić information content (AvgIpc) is 3.14. The number of fused-ring (bicyclic) bond motifs is 3. The van der Waals surface area contributed by atoms with E-state index in [1.807, 2.05) is 0 Å². The van der Waals surface area contributed by atoms with Crippen LogP contribution in [0, 0.1) is 27.1 Å². The molecule has 3 aliphatic carbocycles. The van der Waals surface area contributed by atoms with Crippen LogP contribution in [0.15, 0.2) is 17.3 Å². The van der Waals surface area contributed by atoms with E-state index < -0.39 is 80.0 Å². The zero-order valence-electron chi connectivity index (χ0n) is 27.5. The summed E-state index contributed by atoms with van der Waals surface area (Å²) in [6.45, 7) is 12.0. The summed E-state index contributed by atoms with van der Waals surface area (Å²) in [5, 5.41) is 77.3. The summed E-state index contributed by atoms with van der Waals surface area (Å²) in [5.74, 6) is 0.252. The van der Waals surface area contributed by atoms with Gasteiger partial charge in [-0.3, -0.25) is 0 Å². The molecular formula is C33H55NO12. The number of rotatable bonds is 8. The molecule has 5 rings (SSSR count). The first-order valence-electron chi connectivity index (χ1n) is 16.8. The Morgan fingerprint density at radius 2 is 1.57 bits per heavy atom. The molecule has 5 fully saturated rings. The van der Waals surface area contributed by atoms with Crippen LogP contribution >= 0.6 is 0 Å². The van der Waals surface area contributed by atoms with Gasteiger partial charge in [0.25, 0.3) is 0 Å². The molecule has 46 heavy (non-hydrogen) atoms. The maximum absolute atomic E-state index is 12.3. The van der Waals surface area contributed by atoms with Gasteiger partial charge in [0.1, 0.15) is 54.9 Å². The standard InChI is InChI=1S/C33H55NO12/c1-17-13-31(4)11-12-33(41)30(2,3)9-6-10-32(33,5)22(31)8-7-18(17)43-16-21-28(26(39)24(37)20(15-36)44-21)46-29-27(40)25(38)23(34-42)19(14-35)45-29/h18-29,35-41H,1,6-16H2,2-5H3/t18-,19?,20?,21+,22-,23-,24-,25?,26?,27?,28?,29+,31-,32+,33?/m1/s1. The molecule has 0 aromatic heterocycles. The van der Waals surface area contributed by atoms with Crippen LogP contribution in [0.25, 0.3) is 0 Å². The van der Waals surface area contributed by atoms with Crippen LogP contribution in [0.3, 0.4) is 0 Å². The molecular weight excluding hydrogens is 602 g/mol. The minimum absolute atomic E-state index is 0.0638. The number of ether oxygens (including phenoxy) is 4. The Morgan fingerprint density at radius 3 is 2.22 bits per heavy atom. The summed E-state index contributed by atoms with van der Waals surface area (Å²) in [7, 11) is 0. The normalized spacial score (nSPS) is 51.1. The number of hydrogen-bond donors (Lipinski definition) is 7. The van der Waals surface area contributed by atoms with Gasteiger partial charge >= 0.3 is 0 Å². The number of hydrogen-bond acceptors (Lipinski definition) is 13. The number of nitroso groups, excluding NO2 is 1. The molecule has 2 saturated heterocycles. The minimum atomic E-state index is -1.76. The number of aliphatic hydroxyl groups excluding tert-OH is 6. The fourth-order valence-electron chi connectivity index (χ4n) is 9.96. The van der Waals surface area contributed by atoms with Crippen molar-refractivity contribution < 1.29 is 54.7 Å². The van der Waals surface area contributed by atoms with E-state index in [2.05, 4.69) is 39.5 Å². The van der Waals surface area contributed by atoms with Gasteiger partial charge in [-0.1, -0.05) is 45.9 Å². The van der Waals surface area contributed by atoms with E-state index in [1.54, 1.807) is 0 Å². The van der Waals surface area contributed by atoms with E-state index in [0.29, 0.717) is 6.42 Å². The van der Waals surface area contributed by atoms with Crippen molar-refractivity contribution in [3.8, 4) is 0 Å². The first-order chi connectivity index (χ1) is 21.6. The fourth-order valence-corrected chi connectivity index (χ4v) is 9.96. The van der Waals surface area contributed by atoms with Gasteiger partial charge in [-0.05, 0) is 67.3 Å². The molecule has 0 radical (unpaired) electrons. The third-order valence-corrected chi connectivity index (χ3v) is 12.7. The maximum atomic E-state index is 12.3. The van der Waals surface area contributed by atoms with Crippen molar-refractivity contribution in [2.24, 2.45) is 27.3 Å². The topological polar surface area (TPSA) is 208 Å². The van der Waals surface area contributed by atoms with Crippen LogP contribution in [-0.2, 0) is 18.9 Å². The average molecular weight is 658 g/mol.